The first-order valence-electron chi connectivity index (χ1n) is 12.4. The number of H-pyrrole nitrogens is 1. The van der Waals surface area contributed by atoms with Crippen LogP contribution in [0, 0.1) is 0 Å². The standard InChI is InChI=1S/C27H36BN3O2/c1-26(2)27(3,4)33-28(32-26)22-14-13-19-16-21(12-11-20(19)17-22)23-18-29-25(30-23)24-10-8-6-7-9-15-31(24)5/h11-14,16-18,24H,6-10,15H2,1-5H3,(H,29,30). The van der Waals surface area contributed by atoms with E-state index in [1.165, 1.54) is 42.9 Å². The lowest BCUT2D eigenvalue weighted by molar-refractivity contribution is 0.00578. The normalized spacial score (nSPS) is 23.5. The highest BCUT2D eigenvalue weighted by atomic mass is 16.7. The van der Waals surface area contributed by atoms with Crippen molar-refractivity contribution in [3.63, 3.8) is 0 Å². The largest absolute Gasteiger partial charge is 0.494 e. The summed E-state index contributed by atoms with van der Waals surface area (Å²) in [4.78, 5) is 10.9. The molecule has 1 aromatic heterocycles. The van der Waals surface area contributed by atoms with E-state index in [-0.39, 0.29) is 18.3 Å². The zero-order valence-corrected chi connectivity index (χ0v) is 20.6. The Bertz CT molecular complexity index is 1120. The summed E-state index contributed by atoms with van der Waals surface area (Å²) in [6, 6.07) is 13.4. The Hall–Kier alpha value is -2.15. The lowest BCUT2D eigenvalue weighted by Gasteiger charge is -2.32. The second-order valence-electron chi connectivity index (χ2n) is 10.8. The van der Waals surface area contributed by atoms with E-state index in [2.05, 4.69) is 81.0 Å². The molecule has 33 heavy (non-hydrogen) atoms. The fourth-order valence-electron chi connectivity index (χ4n) is 4.98. The fourth-order valence-corrected chi connectivity index (χ4v) is 4.98. The first-order chi connectivity index (χ1) is 15.7. The summed E-state index contributed by atoms with van der Waals surface area (Å²) in [5, 5.41) is 2.39. The minimum absolute atomic E-state index is 0.334. The van der Waals surface area contributed by atoms with E-state index in [4.69, 9.17) is 14.3 Å². The molecule has 2 saturated heterocycles. The fraction of sp³-hybridized carbons (Fsp3) is 0.519. The minimum Gasteiger partial charge on any atom is -0.399 e. The number of nitrogens with one attached hydrogen (secondary N) is 1. The lowest BCUT2D eigenvalue weighted by Crippen LogP contribution is -2.41. The van der Waals surface area contributed by atoms with Crippen molar-refractivity contribution >= 4 is 23.4 Å². The molecule has 5 nitrogen and oxygen atoms in total. The van der Waals surface area contributed by atoms with Gasteiger partial charge in [0.1, 0.15) is 5.82 Å². The van der Waals surface area contributed by atoms with Crippen LogP contribution in [0.3, 0.4) is 0 Å². The number of nitrogens with zero attached hydrogens (tertiary/aromatic N) is 2. The number of benzene rings is 2. The molecule has 3 aromatic rings. The Kier molecular flexibility index (Phi) is 5.88. The van der Waals surface area contributed by atoms with Crippen molar-refractivity contribution in [3.05, 3.63) is 48.4 Å². The summed E-state index contributed by atoms with van der Waals surface area (Å²) in [6.07, 6.45) is 8.38. The molecule has 0 aliphatic carbocycles. The first-order valence-corrected chi connectivity index (χ1v) is 12.4. The topological polar surface area (TPSA) is 50.4 Å². The molecule has 1 atom stereocenters. The van der Waals surface area contributed by atoms with Gasteiger partial charge >= 0.3 is 7.12 Å². The Balaban J connectivity index is 1.38. The predicted octanol–water partition coefficient (Wildman–Crippen LogP) is 5.47. The maximum Gasteiger partial charge on any atom is 0.494 e. The van der Waals surface area contributed by atoms with Crippen molar-refractivity contribution in [2.75, 3.05) is 13.6 Å². The molecular formula is C27H36BN3O2. The van der Waals surface area contributed by atoms with Gasteiger partial charge in [-0.2, -0.15) is 0 Å². The molecule has 3 heterocycles. The molecule has 2 aliphatic heterocycles. The average Bonchev–Trinajstić information content (AvgIpc) is 3.32. The van der Waals surface area contributed by atoms with Crippen LogP contribution in [-0.2, 0) is 9.31 Å². The molecule has 0 saturated carbocycles. The number of aromatic amines is 1. The SMILES string of the molecule is CN1CCCCCCC1c1ncc(-c2ccc3cc(B4OC(C)(C)C(C)(C)O4)ccc3c2)[nH]1. The molecule has 174 valence electrons. The number of hydrogen-bond acceptors (Lipinski definition) is 4. The molecule has 0 spiro atoms. The predicted molar refractivity (Wildman–Crippen MR) is 136 cm³/mol. The van der Waals surface area contributed by atoms with Gasteiger partial charge in [0.15, 0.2) is 0 Å². The van der Waals surface area contributed by atoms with Crippen molar-refractivity contribution in [1.29, 1.82) is 0 Å². The second-order valence-corrected chi connectivity index (χ2v) is 10.8. The van der Waals surface area contributed by atoms with Crippen LogP contribution >= 0.6 is 0 Å². The minimum atomic E-state index is -0.338. The van der Waals surface area contributed by atoms with Gasteiger partial charge in [0.2, 0.25) is 0 Å². The Labute approximate surface area is 198 Å². The summed E-state index contributed by atoms with van der Waals surface area (Å²) < 4.78 is 12.5. The van der Waals surface area contributed by atoms with Crippen LogP contribution in [-0.4, -0.2) is 46.8 Å². The molecule has 2 fully saturated rings. The maximum atomic E-state index is 6.24. The van der Waals surface area contributed by atoms with E-state index in [9.17, 15) is 0 Å². The molecule has 1 N–H and O–H groups in total. The smallest absolute Gasteiger partial charge is 0.399 e. The number of fused-ring (bicyclic) bond motifs is 1. The third-order valence-electron chi connectivity index (χ3n) is 7.88. The number of aromatic nitrogens is 2. The van der Waals surface area contributed by atoms with Crippen LogP contribution in [0.5, 0.6) is 0 Å². The second kappa shape index (κ2) is 8.57. The molecule has 0 bridgehead atoms. The third-order valence-corrected chi connectivity index (χ3v) is 7.88. The third kappa shape index (κ3) is 4.36. The van der Waals surface area contributed by atoms with Crippen LogP contribution < -0.4 is 5.46 Å². The molecule has 2 aliphatic rings. The van der Waals surface area contributed by atoms with Gasteiger partial charge in [0, 0.05) is 5.56 Å². The van der Waals surface area contributed by atoms with E-state index < -0.39 is 0 Å². The van der Waals surface area contributed by atoms with Crippen LogP contribution in [0.1, 0.15) is 71.7 Å². The van der Waals surface area contributed by atoms with E-state index in [1.54, 1.807) is 0 Å². The molecule has 5 rings (SSSR count). The summed E-state index contributed by atoms with van der Waals surface area (Å²) in [6.45, 7) is 9.50. The van der Waals surface area contributed by atoms with E-state index in [0.29, 0.717) is 6.04 Å². The van der Waals surface area contributed by atoms with Gasteiger partial charge in [0.25, 0.3) is 0 Å². The van der Waals surface area contributed by atoms with Crippen LogP contribution in [0.25, 0.3) is 22.0 Å². The van der Waals surface area contributed by atoms with E-state index >= 15 is 0 Å². The quantitative estimate of drug-likeness (QED) is 0.544. The maximum absolute atomic E-state index is 6.24. The van der Waals surface area contributed by atoms with Crippen molar-refractivity contribution in [1.82, 2.24) is 14.9 Å². The highest BCUT2D eigenvalue weighted by Crippen LogP contribution is 2.37. The van der Waals surface area contributed by atoms with Crippen LogP contribution in [0.4, 0.5) is 0 Å². The Morgan fingerprint density at radius 3 is 2.42 bits per heavy atom. The van der Waals surface area contributed by atoms with Crippen molar-refractivity contribution in [2.24, 2.45) is 0 Å². The van der Waals surface area contributed by atoms with E-state index in [1.807, 2.05) is 6.20 Å². The Morgan fingerprint density at radius 1 is 0.939 bits per heavy atom. The number of hydrogen-bond donors (Lipinski definition) is 1. The lowest BCUT2D eigenvalue weighted by atomic mass is 9.78. The molecule has 0 amide bonds. The summed E-state index contributed by atoms with van der Waals surface area (Å²) in [5.74, 6) is 1.09. The van der Waals surface area contributed by atoms with Crippen LogP contribution in [0.2, 0.25) is 0 Å². The molecule has 6 heteroatoms. The first kappa shape index (κ1) is 22.6. The average molecular weight is 445 g/mol. The number of likely N-dealkylation sites (tertiary alicyclic amines) is 1. The molecular weight excluding hydrogens is 409 g/mol. The van der Waals surface area contributed by atoms with Gasteiger partial charge in [-0.05, 0) is 76.4 Å². The summed E-state index contributed by atoms with van der Waals surface area (Å²) in [5.41, 5.74) is 2.64. The zero-order chi connectivity index (χ0) is 23.2. The highest BCUT2D eigenvalue weighted by Gasteiger charge is 2.51. The molecule has 1 unspecified atom stereocenters. The summed E-state index contributed by atoms with van der Waals surface area (Å²) >= 11 is 0. The van der Waals surface area contributed by atoms with Gasteiger partial charge in [-0.25, -0.2) is 4.98 Å². The van der Waals surface area contributed by atoms with E-state index in [0.717, 1.165) is 29.1 Å². The number of rotatable bonds is 3. The van der Waals surface area contributed by atoms with Gasteiger partial charge in [-0.3, -0.25) is 4.90 Å². The molecule has 2 aromatic carbocycles. The van der Waals surface area contributed by atoms with Gasteiger partial charge < -0.3 is 14.3 Å². The zero-order valence-electron chi connectivity index (χ0n) is 20.6. The van der Waals surface area contributed by atoms with Crippen molar-refractivity contribution in [2.45, 2.75) is 77.0 Å². The van der Waals surface area contributed by atoms with Gasteiger partial charge in [-0.1, -0.05) is 49.6 Å². The Morgan fingerprint density at radius 2 is 1.64 bits per heavy atom. The van der Waals surface area contributed by atoms with Crippen molar-refractivity contribution in [3.8, 4) is 11.3 Å². The highest BCUT2D eigenvalue weighted by molar-refractivity contribution is 6.62. The monoisotopic (exact) mass is 445 g/mol. The van der Waals surface area contributed by atoms with Crippen molar-refractivity contribution < 1.29 is 9.31 Å². The number of imidazole rings is 1. The van der Waals surface area contributed by atoms with Crippen LogP contribution in [0.15, 0.2) is 42.6 Å². The van der Waals surface area contributed by atoms with Gasteiger partial charge in [0.05, 0.1) is 29.1 Å². The van der Waals surface area contributed by atoms with Gasteiger partial charge in [-0.15, -0.1) is 0 Å². The summed E-state index contributed by atoms with van der Waals surface area (Å²) in [7, 11) is 1.89. The molecule has 0 radical (unpaired) electrons.